The molecule has 5 rings (SSSR count). The van der Waals surface area contributed by atoms with Gasteiger partial charge in [-0.15, -0.1) is 0 Å². The van der Waals surface area contributed by atoms with Gasteiger partial charge in [-0.1, -0.05) is 19.3 Å². The summed E-state index contributed by atoms with van der Waals surface area (Å²) in [6.45, 7) is 2.90. The maximum absolute atomic E-state index is 5.40. The topological polar surface area (TPSA) is 54.0 Å². The molecule has 2 aromatic heterocycles. The van der Waals surface area contributed by atoms with Gasteiger partial charge in [0.15, 0.2) is 0 Å². The van der Waals surface area contributed by atoms with Crippen molar-refractivity contribution < 1.29 is 4.74 Å². The molecule has 1 aromatic carbocycles. The second kappa shape index (κ2) is 7.55. The average molecular weight is 377 g/mol. The Balaban J connectivity index is 1.32. The SMILES string of the molecule is COc1ccc2[nH]cc(CN3CCc4nc(C5CCCCC5)ncc4C3)c2c1. The Bertz CT molecular complexity index is 974. The van der Waals surface area contributed by atoms with Crippen LogP contribution in [0.1, 0.15) is 60.7 Å². The number of aromatic nitrogens is 3. The monoisotopic (exact) mass is 376 g/mol. The zero-order valence-corrected chi connectivity index (χ0v) is 16.6. The highest BCUT2D eigenvalue weighted by Crippen LogP contribution is 2.32. The van der Waals surface area contributed by atoms with Gasteiger partial charge in [0.05, 0.1) is 7.11 Å². The Morgan fingerprint density at radius 2 is 2.11 bits per heavy atom. The molecule has 0 bridgehead atoms. The van der Waals surface area contributed by atoms with Crippen molar-refractivity contribution in [2.45, 2.75) is 57.5 Å². The van der Waals surface area contributed by atoms with E-state index in [1.165, 1.54) is 54.3 Å². The zero-order chi connectivity index (χ0) is 18.9. The van der Waals surface area contributed by atoms with Gasteiger partial charge in [0.25, 0.3) is 0 Å². The minimum atomic E-state index is 0.582. The van der Waals surface area contributed by atoms with Gasteiger partial charge in [-0.05, 0) is 36.6 Å². The maximum Gasteiger partial charge on any atom is 0.131 e. The number of aromatic amines is 1. The fraction of sp³-hybridized carbons (Fsp3) is 0.478. The highest BCUT2D eigenvalue weighted by Gasteiger charge is 2.23. The van der Waals surface area contributed by atoms with Crippen LogP contribution in [0.4, 0.5) is 0 Å². The first-order valence-corrected chi connectivity index (χ1v) is 10.5. The molecular formula is C23H28N4O. The third-order valence-corrected chi connectivity index (χ3v) is 6.37. The number of rotatable bonds is 4. The Morgan fingerprint density at radius 3 is 2.96 bits per heavy atom. The lowest BCUT2D eigenvalue weighted by molar-refractivity contribution is 0.243. The molecule has 2 aliphatic rings. The van der Waals surface area contributed by atoms with Gasteiger partial charge in [0, 0.05) is 66.5 Å². The van der Waals surface area contributed by atoms with Crippen LogP contribution in [0.15, 0.2) is 30.6 Å². The number of methoxy groups -OCH3 is 1. The Kier molecular flexibility index (Phi) is 4.77. The summed E-state index contributed by atoms with van der Waals surface area (Å²) in [7, 11) is 1.72. The van der Waals surface area contributed by atoms with Crippen molar-refractivity contribution in [1.29, 1.82) is 0 Å². The highest BCUT2D eigenvalue weighted by atomic mass is 16.5. The number of nitrogens with one attached hydrogen (secondary N) is 1. The molecule has 1 fully saturated rings. The Labute approximate surface area is 166 Å². The largest absolute Gasteiger partial charge is 0.497 e. The van der Waals surface area contributed by atoms with Crippen LogP contribution in [0.5, 0.6) is 5.75 Å². The van der Waals surface area contributed by atoms with E-state index >= 15 is 0 Å². The minimum absolute atomic E-state index is 0.582. The van der Waals surface area contributed by atoms with Crippen LogP contribution in [0.25, 0.3) is 10.9 Å². The van der Waals surface area contributed by atoms with Crippen molar-refractivity contribution in [1.82, 2.24) is 19.9 Å². The van der Waals surface area contributed by atoms with E-state index in [1.807, 2.05) is 6.07 Å². The summed E-state index contributed by atoms with van der Waals surface area (Å²) in [5, 5.41) is 1.24. The van der Waals surface area contributed by atoms with Crippen molar-refractivity contribution in [3.8, 4) is 5.75 Å². The van der Waals surface area contributed by atoms with E-state index in [2.05, 4.69) is 34.4 Å². The second-order valence-electron chi connectivity index (χ2n) is 8.22. The molecule has 0 saturated heterocycles. The summed E-state index contributed by atoms with van der Waals surface area (Å²) in [6, 6.07) is 6.21. The third kappa shape index (κ3) is 3.39. The molecule has 0 atom stereocenters. The number of H-pyrrole nitrogens is 1. The van der Waals surface area contributed by atoms with Crippen molar-refractivity contribution >= 4 is 10.9 Å². The average Bonchev–Trinajstić information content (AvgIpc) is 3.16. The summed E-state index contributed by atoms with van der Waals surface area (Å²) in [5.74, 6) is 2.58. The molecule has 1 aliphatic carbocycles. The third-order valence-electron chi connectivity index (χ3n) is 6.37. The van der Waals surface area contributed by atoms with E-state index in [-0.39, 0.29) is 0 Å². The quantitative estimate of drug-likeness (QED) is 0.724. The molecule has 0 amide bonds. The summed E-state index contributed by atoms with van der Waals surface area (Å²) in [5.41, 5.74) is 5.04. The molecule has 0 radical (unpaired) electrons. The van der Waals surface area contributed by atoms with Gasteiger partial charge in [-0.3, -0.25) is 4.90 Å². The van der Waals surface area contributed by atoms with Crippen LogP contribution in [0.3, 0.4) is 0 Å². The molecule has 3 aromatic rings. The maximum atomic E-state index is 5.40. The van der Waals surface area contributed by atoms with E-state index in [1.54, 1.807) is 7.11 Å². The number of nitrogens with zero attached hydrogens (tertiary/aromatic N) is 3. The van der Waals surface area contributed by atoms with Gasteiger partial charge in [-0.25, -0.2) is 9.97 Å². The van der Waals surface area contributed by atoms with Gasteiger partial charge in [-0.2, -0.15) is 0 Å². The summed E-state index contributed by atoms with van der Waals surface area (Å²) in [6.07, 6.45) is 11.8. The molecular weight excluding hydrogens is 348 g/mol. The molecule has 28 heavy (non-hydrogen) atoms. The number of hydrogen-bond acceptors (Lipinski definition) is 4. The molecule has 3 heterocycles. The van der Waals surface area contributed by atoms with E-state index in [9.17, 15) is 0 Å². The lowest BCUT2D eigenvalue weighted by Gasteiger charge is -2.29. The minimum Gasteiger partial charge on any atom is -0.497 e. The van der Waals surface area contributed by atoms with Gasteiger partial charge >= 0.3 is 0 Å². The van der Waals surface area contributed by atoms with Gasteiger partial charge in [0.2, 0.25) is 0 Å². The first-order chi connectivity index (χ1) is 13.8. The van der Waals surface area contributed by atoms with Crippen molar-refractivity contribution in [2.75, 3.05) is 13.7 Å². The lowest BCUT2D eigenvalue weighted by Crippen LogP contribution is -2.31. The molecule has 5 heteroatoms. The van der Waals surface area contributed by atoms with Crippen LogP contribution < -0.4 is 4.74 Å². The zero-order valence-electron chi connectivity index (χ0n) is 16.6. The van der Waals surface area contributed by atoms with E-state index < -0.39 is 0 Å². The smallest absolute Gasteiger partial charge is 0.131 e. The molecule has 1 N–H and O–H groups in total. The standard InChI is InChI=1S/C23H28N4O/c1-28-19-7-8-22-20(11-19)17(12-24-22)14-27-10-9-21-18(15-27)13-25-23(26-21)16-5-3-2-4-6-16/h7-8,11-13,16,24H,2-6,9-10,14-15H2,1H3. The number of fused-ring (bicyclic) bond motifs is 2. The van der Waals surface area contributed by atoms with Gasteiger partial charge in [0.1, 0.15) is 11.6 Å². The van der Waals surface area contributed by atoms with Crippen LogP contribution in [0, 0.1) is 0 Å². The van der Waals surface area contributed by atoms with Crippen LogP contribution in [-0.2, 0) is 19.5 Å². The second-order valence-corrected chi connectivity index (χ2v) is 8.22. The van der Waals surface area contributed by atoms with Gasteiger partial charge < -0.3 is 9.72 Å². The highest BCUT2D eigenvalue weighted by molar-refractivity contribution is 5.84. The van der Waals surface area contributed by atoms with Crippen LogP contribution in [-0.4, -0.2) is 33.5 Å². The fourth-order valence-electron chi connectivity index (χ4n) is 4.74. The predicted molar refractivity (Wildman–Crippen MR) is 111 cm³/mol. The first kappa shape index (κ1) is 17.7. The molecule has 5 nitrogen and oxygen atoms in total. The molecule has 1 aliphatic heterocycles. The van der Waals surface area contributed by atoms with Crippen LogP contribution in [0.2, 0.25) is 0 Å². The van der Waals surface area contributed by atoms with E-state index in [0.29, 0.717) is 5.92 Å². The predicted octanol–water partition coefficient (Wildman–Crippen LogP) is 4.57. The normalized spacial score (nSPS) is 18.3. The molecule has 0 spiro atoms. The summed E-state index contributed by atoms with van der Waals surface area (Å²) in [4.78, 5) is 15.6. The van der Waals surface area contributed by atoms with Crippen molar-refractivity contribution in [3.63, 3.8) is 0 Å². The Hall–Kier alpha value is -2.40. The van der Waals surface area contributed by atoms with E-state index in [4.69, 9.17) is 14.7 Å². The number of benzene rings is 1. The van der Waals surface area contributed by atoms with Crippen molar-refractivity contribution in [3.05, 3.63) is 53.2 Å². The fourth-order valence-corrected chi connectivity index (χ4v) is 4.74. The summed E-state index contributed by atoms with van der Waals surface area (Å²) < 4.78 is 5.40. The van der Waals surface area contributed by atoms with Crippen LogP contribution >= 0.6 is 0 Å². The lowest BCUT2D eigenvalue weighted by atomic mass is 9.88. The molecule has 146 valence electrons. The molecule has 1 saturated carbocycles. The van der Waals surface area contributed by atoms with E-state index in [0.717, 1.165) is 43.1 Å². The first-order valence-electron chi connectivity index (χ1n) is 10.5. The summed E-state index contributed by atoms with van der Waals surface area (Å²) >= 11 is 0. The number of hydrogen-bond donors (Lipinski definition) is 1. The Morgan fingerprint density at radius 1 is 1.21 bits per heavy atom. The van der Waals surface area contributed by atoms with Crippen molar-refractivity contribution in [2.24, 2.45) is 0 Å². The number of ether oxygens (including phenoxy) is 1. The molecule has 0 unspecified atom stereocenters.